The molecule has 1 amide bonds. The Morgan fingerprint density at radius 2 is 1.92 bits per heavy atom. The summed E-state index contributed by atoms with van der Waals surface area (Å²) >= 11 is 0. The Labute approximate surface area is 66.3 Å². The van der Waals surface area contributed by atoms with E-state index in [2.05, 4.69) is 5.73 Å². The van der Waals surface area contributed by atoms with Crippen LogP contribution in [-0.4, -0.2) is 29.3 Å². The van der Waals surface area contributed by atoms with E-state index in [-0.39, 0.29) is 0 Å². The molecule has 0 rings (SSSR count). The van der Waals surface area contributed by atoms with E-state index in [1.165, 1.54) is 0 Å². The molecule has 5 N–H and O–H groups in total. The fourth-order valence-corrected chi connectivity index (χ4v) is 0.587. The van der Waals surface area contributed by atoms with Crippen molar-refractivity contribution in [3.63, 3.8) is 0 Å². The predicted molar refractivity (Wildman–Crippen MR) is 33.8 cm³/mol. The maximum Gasteiger partial charge on any atom is 0.415 e. The maximum absolute atomic E-state index is 11.7. The molecule has 0 radical (unpaired) electrons. The van der Waals surface area contributed by atoms with Crippen LogP contribution in [-0.2, 0) is 4.79 Å². The van der Waals surface area contributed by atoms with E-state index in [4.69, 9.17) is 10.8 Å². The number of amides is 1. The van der Waals surface area contributed by atoms with Gasteiger partial charge < -0.3 is 16.6 Å². The second kappa shape index (κ2) is 3.72. The van der Waals surface area contributed by atoms with Gasteiger partial charge in [0.05, 0.1) is 0 Å². The number of alkyl halides is 3. The second-order valence-electron chi connectivity index (χ2n) is 2.32. The monoisotopic (exact) mass is 186 g/mol. The lowest BCUT2D eigenvalue weighted by atomic mass is 10.1. The molecule has 0 bridgehead atoms. The van der Waals surface area contributed by atoms with E-state index in [0.717, 1.165) is 0 Å². The van der Waals surface area contributed by atoms with Crippen LogP contribution < -0.4 is 11.5 Å². The van der Waals surface area contributed by atoms with Gasteiger partial charge in [-0.3, -0.25) is 4.79 Å². The summed E-state index contributed by atoms with van der Waals surface area (Å²) in [6, 6.07) is -1.69. The number of primary amides is 1. The number of carbonyl (C=O) groups is 1. The zero-order chi connectivity index (χ0) is 9.94. The quantitative estimate of drug-likeness (QED) is 0.534. The highest BCUT2D eigenvalue weighted by atomic mass is 19.4. The molecule has 72 valence electrons. The van der Waals surface area contributed by atoms with Crippen LogP contribution in [0.15, 0.2) is 0 Å². The van der Waals surface area contributed by atoms with Gasteiger partial charge >= 0.3 is 6.18 Å². The van der Waals surface area contributed by atoms with Crippen molar-refractivity contribution in [2.45, 2.75) is 24.7 Å². The van der Waals surface area contributed by atoms with Gasteiger partial charge in [0.2, 0.25) is 5.91 Å². The maximum atomic E-state index is 11.7. The van der Waals surface area contributed by atoms with E-state index in [0.29, 0.717) is 0 Å². The molecule has 0 aliphatic heterocycles. The van der Waals surface area contributed by atoms with Gasteiger partial charge in [0.15, 0.2) is 6.10 Å². The second-order valence-corrected chi connectivity index (χ2v) is 2.32. The number of carbonyl (C=O) groups excluding carboxylic acids is 1. The molecule has 2 atom stereocenters. The zero-order valence-electron chi connectivity index (χ0n) is 6.01. The molecule has 0 aliphatic rings. The van der Waals surface area contributed by atoms with Crippen molar-refractivity contribution in [2.75, 3.05) is 0 Å². The molecule has 7 heteroatoms. The molecule has 0 aromatic heterocycles. The standard InChI is InChI=1S/C5H9F3N2O2/c6-5(7,8)4(12)2(9)1-3(10)11/h2,4,12H,1,9H2,(H2,10,11)/t2-,4?/m1/s1. The number of nitrogens with two attached hydrogens (primary N) is 2. The smallest absolute Gasteiger partial charge is 0.382 e. The summed E-state index contributed by atoms with van der Waals surface area (Å²) in [5, 5.41) is 8.45. The molecule has 4 nitrogen and oxygen atoms in total. The van der Waals surface area contributed by atoms with E-state index in [9.17, 15) is 18.0 Å². The lowest BCUT2D eigenvalue weighted by molar-refractivity contribution is -0.209. The first kappa shape index (κ1) is 11.2. The summed E-state index contributed by atoms with van der Waals surface area (Å²) in [6.45, 7) is 0. The largest absolute Gasteiger partial charge is 0.415 e. The number of hydrogen-bond acceptors (Lipinski definition) is 3. The topological polar surface area (TPSA) is 89.3 Å². The third-order valence-corrected chi connectivity index (χ3v) is 1.18. The Bertz CT molecular complexity index is 171. The van der Waals surface area contributed by atoms with Crippen molar-refractivity contribution >= 4 is 5.91 Å². The zero-order valence-corrected chi connectivity index (χ0v) is 6.01. The van der Waals surface area contributed by atoms with Gasteiger partial charge in [-0.05, 0) is 0 Å². The molecular weight excluding hydrogens is 177 g/mol. The van der Waals surface area contributed by atoms with Crippen molar-refractivity contribution in [1.82, 2.24) is 0 Å². The summed E-state index contributed by atoms with van der Waals surface area (Å²) < 4.78 is 35.0. The molecule has 0 aliphatic carbocycles. The fraction of sp³-hybridized carbons (Fsp3) is 0.800. The van der Waals surface area contributed by atoms with E-state index in [1.54, 1.807) is 0 Å². The third-order valence-electron chi connectivity index (χ3n) is 1.18. The lowest BCUT2D eigenvalue weighted by Gasteiger charge is -2.19. The van der Waals surface area contributed by atoms with Crippen molar-refractivity contribution in [3.05, 3.63) is 0 Å². The Kier molecular flexibility index (Phi) is 3.47. The number of aliphatic hydroxyl groups excluding tert-OH is 1. The lowest BCUT2D eigenvalue weighted by Crippen LogP contribution is -2.46. The van der Waals surface area contributed by atoms with E-state index >= 15 is 0 Å². The van der Waals surface area contributed by atoms with Crippen molar-refractivity contribution in [3.8, 4) is 0 Å². The van der Waals surface area contributed by atoms with Gasteiger partial charge in [0, 0.05) is 12.5 Å². The van der Waals surface area contributed by atoms with Gasteiger partial charge in [0.25, 0.3) is 0 Å². The molecule has 0 spiro atoms. The highest BCUT2D eigenvalue weighted by Gasteiger charge is 2.42. The van der Waals surface area contributed by atoms with Crippen LogP contribution in [0.2, 0.25) is 0 Å². The van der Waals surface area contributed by atoms with Crippen LogP contribution in [0.5, 0.6) is 0 Å². The van der Waals surface area contributed by atoms with Gasteiger partial charge in [-0.2, -0.15) is 13.2 Å². The molecule has 0 aromatic carbocycles. The third kappa shape index (κ3) is 3.54. The Balaban J connectivity index is 4.10. The van der Waals surface area contributed by atoms with Crippen LogP contribution in [0.25, 0.3) is 0 Å². The minimum absolute atomic E-state index is 0.694. The highest BCUT2D eigenvalue weighted by Crippen LogP contribution is 2.22. The van der Waals surface area contributed by atoms with Crippen LogP contribution in [0.3, 0.4) is 0 Å². The predicted octanol–water partition coefficient (Wildman–Crippen LogP) is -0.888. The number of rotatable bonds is 3. The first-order valence-corrected chi connectivity index (χ1v) is 3.04. The first-order valence-electron chi connectivity index (χ1n) is 3.04. The molecule has 0 heterocycles. The summed E-state index contributed by atoms with van der Waals surface area (Å²) in [6.07, 6.45) is -8.21. The molecule has 0 fully saturated rings. The minimum atomic E-state index is -4.81. The van der Waals surface area contributed by atoms with Gasteiger partial charge in [-0.25, -0.2) is 0 Å². The normalized spacial score (nSPS) is 17.1. The fourth-order valence-electron chi connectivity index (χ4n) is 0.587. The van der Waals surface area contributed by atoms with E-state index < -0.39 is 30.7 Å². The Hall–Kier alpha value is -0.820. The Morgan fingerprint density at radius 3 is 2.17 bits per heavy atom. The molecule has 0 saturated heterocycles. The van der Waals surface area contributed by atoms with Gasteiger partial charge in [0.1, 0.15) is 0 Å². The van der Waals surface area contributed by atoms with Crippen molar-refractivity contribution < 1.29 is 23.1 Å². The molecule has 0 aromatic rings. The average Bonchev–Trinajstić information content (AvgIpc) is 1.82. The van der Waals surface area contributed by atoms with Crippen LogP contribution in [0.4, 0.5) is 13.2 Å². The van der Waals surface area contributed by atoms with Crippen molar-refractivity contribution in [2.24, 2.45) is 11.5 Å². The highest BCUT2D eigenvalue weighted by molar-refractivity contribution is 5.74. The first-order chi connectivity index (χ1) is 5.25. The molecular formula is C5H9F3N2O2. The van der Waals surface area contributed by atoms with Gasteiger partial charge in [-0.1, -0.05) is 0 Å². The van der Waals surface area contributed by atoms with E-state index in [1.807, 2.05) is 0 Å². The average molecular weight is 186 g/mol. The van der Waals surface area contributed by atoms with Crippen LogP contribution in [0.1, 0.15) is 6.42 Å². The summed E-state index contributed by atoms with van der Waals surface area (Å²) in [5.41, 5.74) is 9.41. The number of hydrogen-bond donors (Lipinski definition) is 3. The molecule has 0 saturated carbocycles. The summed E-state index contributed by atoms with van der Waals surface area (Å²) in [4.78, 5) is 10.1. The van der Waals surface area contributed by atoms with Crippen molar-refractivity contribution in [1.29, 1.82) is 0 Å². The number of aliphatic hydroxyl groups is 1. The number of halogens is 3. The summed E-state index contributed by atoms with van der Waals surface area (Å²) in [5.74, 6) is -0.981. The summed E-state index contributed by atoms with van der Waals surface area (Å²) in [7, 11) is 0. The van der Waals surface area contributed by atoms with Gasteiger partial charge in [-0.15, -0.1) is 0 Å². The molecule has 12 heavy (non-hydrogen) atoms. The Morgan fingerprint density at radius 1 is 1.50 bits per heavy atom. The minimum Gasteiger partial charge on any atom is -0.382 e. The van der Waals surface area contributed by atoms with Crippen LogP contribution in [0, 0.1) is 0 Å². The SMILES string of the molecule is NC(=O)C[C@@H](N)C(O)C(F)(F)F. The molecule has 1 unspecified atom stereocenters. The van der Waals surface area contributed by atoms with Crippen LogP contribution >= 0.6 is 0 Å².